The Balaban J connectivity index is 3.35. The molecule has 0 bridgehead atoms. The summed E-state index contributed by atoms with van der Waals surface area (Å²) in [4.78, 5) is 11.7. The van der Waals surface area contributed by atoms with Gasteiger partial charge in [-0.2, -0.15) is 0 Å². The van der Waals surface area contributed by atoms with Crippen molar-refractivity contribution >= 4 is 11.7 Å². The molecule has 0 saturated heterocycles. The Bertz CT molecular complexity index is 413. The van der Waals surface area contributed by atoms with Crippen molar-refractivity contribution in [3.63, 3.8) is 0 Å². The van der Waals surface area contributed by atoms with E-state index in [1.54, 1.807) is 21.0 Å². The number of benzene rings is 1. The lowest BCUT2D eigenvalue weighted by atomic mass is 10.0. The maximum atomic E-state index is 11.7. The molecule has 4 heteroatoms. The molecular weight excluding hydrogens is 206 g/mol. The van der Waals surface area contributed by atoms with Crippen LogP contribution in [0.25, 0.3) is 0 Å². The van der Waals surface area contributed by atoms with Crippen LogP contribution in [-0.2, 0) is 4.74 Å². The maximum absolute atomic E-state index is 11.7. The van der Waals surface area contributed by atoms with Gasteiger partial charge in [-0.3, -0.25) is 0 Å². The number of rotatable bonds is 3. The van der Waals surface area contributed by atoms with Crippen LogP contribution in [-0.4, -0.2) is 19.7 Å². The Hall–Kier alpha value is -1.71. The number of hydrogen-bond donors (Lipinski definition) is 1. The van der Waals surface area contributed by atoms with E-state index in [1.807, 2.05) is 13.0 Å². The van der Waals surface area contributed by atoms with Crippen LogP contribution in [0, 0.1) is 13.8 Å². The van der Waals surface area contributed by atoms with Gasteiger partial charge in [0.1, 0.15) is 5.75 Å². The van der Waals surface area contributed by atoms with Gasteiger partial charge >= 0.3 is 5.97 Å². The summed E-state index contributed by atoms with van der Waals surface area (Å²) >= 11 is 0. The van der Waals surface area contributed by atoms with Gasteiger partial charge in [0, 0.05) is 11.3 Å². The Kier molecular flexibility index (Phi) is 3.77. The highest BCUT2D eigenvalue weighted by Gasteiger charge is 2.19. The first kappa shape index (κ1) is 12.4. The first-order chi connectivity index (χ1) is 7.52. The van der Waals surface area contributed by atoms with E-state index in [0.717, 1.165) is 5.56 Å². The number of nitrogen functional groups attached to an aromatic ring is 1. The molecule has 0 radical (unpaired) electrons. The smallest absolute Gasteiger partial charge is 0.340 e. The molecule has 0 heterocycles. The van der Waals surface area contributed by atoms with Crippen LogP contribution < -0.4 is 10.5 Å². The third-order valence-corrected chi connectivity index (χ3v) is 2.49. The topological polar surface area (TPSA) is 61.5 Å². The molecule has 16 heavy (non-hydrogen) atoms. The molecule has 0 aromatic heterocycles. The maximum Gasteiger partial charge on any atom is 0.340 e. The van der Waals surface area contributed by atoms with Crippen LogP contribution in [0.2, 0.25) is 0 Å². The molecular formula is C12H17NO3. The van der Waals surface area contributed by atoms with Crippen molar-refractivity contribution < 1.29 is 14.3 Å². The summed E-state index contributed by atoms with van der Waals surface area (Å²) in [5, 5.41) is 0. The van der Waals surface area contributed by atoms with Crippen molar-refractivity contribution in [1.29, 1.82) is 0 Å². The number of nitrogens with two attached hydrogens (primary N) is 1. The molecule has 0 aliphatic carbocycles. The van der Waals surface area contributed by atoms with Crippen LogP contribution in [0.4, 0.5) is 5.69 Å². The highest BCUT2D eigenvalue weighted by atomic mass is 16.5. The zero-order valence-electron chi connectivity index (χ0n) is 10.1. The summed E-state index contributed by atoms with van der Waals surface area (Å²) in [7, 11) is 1.56. The zero-order chi connectivity index (χ0) is 12.3. The Morgan fingerprint density at radius 3 is 2.56 bits per heavy atom. The molecule has 2 N–H and O–H groups in total. The summed E-state index contributed by atoms with van der Waals surface area (Å²) in [5.41, 5.74) is 8.26. The molecule has 0 unspecified atom stereocenters. The first-order valence-corrected chi connectivity index (χ1v) is 5.13. The monoisotopic (exact) mass is 223 g/mol. The van der Waals surface area contributed by atoms with Crippen LogP contribution in [0.3, 0.4) is 0 Å². The lowest BCUT2D eigenvalue weighted by molar-refractivity contribution is 0.0526. The Morgan fingerprint density at radius 2 is 2.06 bits per heavy atom. The fraction of sp³-hybridized carbons (Fsp3) is 0.417. The van der Waals surface area contributed by atoms with E-state index in [-0.39, 0.29) is 0 Å². The predicted octanol–water partition coefficient (Wildman–Crippen LogP) is 2.07. The van der Waals surface area contributed by atoms with Gasteiger partial charge in [0.2, 0.25) is 0 Å². The molecule has 1 aromatic carbocycles. The van der Waals surface area contributed by atoms with Crippen LogP contribution in [0.1, 0.15) is 28.4 Å². The number of carbonyl (C=O) groups excluding carboxylic acids is 1. The highest BCUT2D eigenvalue weighted by Crippen LogP contribution is 2.30. The summed E-state index contributed by atoms with van der Waals surface area (Å²) in [6.07, 6.45) is 0. The van der Waals surface area contributed by atoms with E-state index in [0.29, 0.717) is 29.2 Å². The molecule has 1 rings (SSSR count). The average Bonchev–Trinajstić information content (AvgIpc) is 2.24. The van der Waals surface area contributed by atoms with Crippen molar-refractivity contribution in [2.45, 2.75) is 20.8 Å². The second kappa shape index (κ2) is 4.88. The quantitative estimate of drug-likeness (QED) is 0.629. The Labute approximate surface area is 95.3 Å². The number of ether oxygens (including phenoxy) is 2. The normalized spacial score (nSPS) is 10.0. The van der Waals surface area contributed by atoms with Crippen molar-refractivity contribution in [1.82, 2.24) is 0 Å². The summed E-state index contributed by atoms with van der Waals surface area (Å²) in [5.74, 6) is 0.245. The van der Waals surface area contributed by atoms with Gasteiger partial charge in [-0.15, -0.1) is 0 Å². The zero-order valence-corrected chi connectivity index (χ0v) is 10.1. The molecule has 88 valence electrons. The molecule has 0 aliphatic heterocycles. The fourth-order valence-electron chi connectivity index (χ4n) is 1.58. The molecule has 0 amide bonds. The third-order valence-electron chi connectivity index (χ3n) is 2.49. The van der Waals surface area contributed by atoms with Gasteiger partial charge in [0.25, 0.3) is 0 Å². The number of anilines is 1. The second-order valence-electron chi connectivity index (χ2n) is 3.53. The Morgan fingerprint density at radius 1 is 1.44 bits per heavy atom. The predicted molar refractivity (Wildman–Crippen MR) is 62.8 cm³/mol. The lowest BCUT2D eigenvalue weighted by Crippen LogP contribution is -2.12. The molecule has 0 saturated carbocycles. The lowest BCUT2D eigenvalue weighted by Gasteiger charge is -2.14. The number of aryl methyl sites for hydroxylation is 1. The van der Waals surface area contributed by atoms with Crippen LogP contribution in [0.15, 0.2) is 6.07 Å². The van der Waals surface area contributed by atoms with Gasteiger partial charge in [0.15, 0.2) is 0 Å². The fourth-order valence-corrected chi connectivity index (χ4v) is 1.58. The highest BCUT2D eigenvalue weighted by molar-refractivity contribution is 5.98. The number of esters is 1. The summed E-state index contributed by atoms with van der Waals surface area (Å²) in [6, 6.07) is 1.81. The number of hydrogen-bond acceptors (Lipinski definition) is 4. The average molecular weight is 223 g/mol. The third kappa shape index (κ3) is 2.10. The second-order valence-corrected chi connectivity index (χ2v) is 3.53. The van der Waals surface area contributed by atoms with Crippen LogP contribution in [0.5, 0.6) is 5.75 Å². The van der Waals surface area contributed by atoms with E-state index in [4.69, 9.17) is 15.2 Å². The van der Waals surface area contributed by atoms with E-state index in [9.17, 15) is 4.79 Å². The molecule has 0 atom stereocenters. The van der Waals surface area contributed by atoms with Gasteiger partial charge in [0.05, 0.1) is 19.3 Å². The first-order valence-electron chi connectivity index (χ1n) is 5.13. The molecule has 4 nitrogen and oxygen atoms in total. The van der Waals surface area contributed by atoms with Crippen molar-refractivity contribution in [2.75, 3.05) is 19.5 Å². The SMILES string of the molecule is CCOC(=O)c1c(C)c(OC)cc(C)c1N. The molecule has 1 aromatic rings. The van der Waals surface area contributed by atoms with E-state index >= 15 is 0 Å². The van der Waals surface area contributed by atoms with E-state index < -0.39 is 5.97 Å². The van der Waals surface area contributed by atoms with Crippen molar-refractivity contribution in [3.05, 3.63) is 22.8 Å². The summed E-state index contributed by atoms with van der Waals surface area (Å²) < 4.78 is 10.2. The number of carbonyl (C=O) groups is 1. The van der Waals surface area contributed by atoms with E-state index in [2.05, 4.69) is 0 Å². The van der Waals surface area contributed by atoms with Gasteiger partial charge < -0.3 is 15.2 Å². The van der Waals surface area contributed by atoms with E-state index in [1.165, 1.54) is 0 Å². The minimum absolute atomic E-state index is 0.327. The molecule has 0 spiro atoms. The largest absolute Gasteiger partial charge is 0.496 e. The van der Waals surface area contributed by atoms with Crippen molar-refractivity contribution in [3.8, 4) is 5.75 Å². The van der Waals surface area contributed by atoms with Crippen LogP contribution >= 0.6 is 0 Å². The number of methoxy groups -OCH3 is 1. The molecule has 0 fully saturated rings. The minimum Gasteiger partial charge on any atom is -0.496 e. The van der Waals surface area contributed by atoms with Gasteiger partial charge in [-0.05, 0) is 32.4 Å². The van der Waals surface area contributed by atoms with Gasteiger partial charge in [-0.1, -0.05) is 0 Å². The van der Waals surface area contributed by atoms with Crippen molar-refractivity contribution in [2.24, 2.45) is 0 Å². The summed E-state index contributed by atoms with van der Waals surface area (Å²) in [6.45, 7) is 5.71. The standard InChI is InChI=1S/C12H17NO3/c1-5-16-12(14)10-8(3)9(15-4)6-7(2)11(10)13/h6H,5,13H2,1-4H3. The molecule has 0 aliphatic rings. The van der Waals surface area contributed by atoms with Gasteiger partial charge in [-0.25, -0.2) is 4.79 Å². The minimum atomic E-state index is -0.403.